The first-order valence-electron chi connectivity index (χ1n) is 6.26. The largest absolute Gasteiger partial charge is 0.409 e. The van der Waals surface area contributed by atoms with Crippen LogP contribution in [0.1, 0.15) is 15.9 Å². The normalized spacial score (nSPS) is 19.6. The molecule has 0 bridgehead atoms. The van der Waals surface area contributed by atoms with Gasteiger partial charge in [0.1, 0.15) is 0 Å². The van der Waals surface area contributed by atoms with Crippen molar-refractivity contribution in [1.82, 2.24) is 5.32 Å². The minimum Gasteiger partial charge on any atom is -0.409 e. The van der Waals surface area contributed by atoms with E-state index in [1.165, 1.54) is 0 Å². The predicted molar refractivity (Wildman–Crippen MR) is 71.8 cm³/mol. The molecular formula is C13H17N3O4. The number of rotatable bonds is 4. The number of nitrogens with zero attached hydrogens (tertiary/aromatic N) is 1. The van der Waals surface area contributed by atoms with Gasteiger partial charge in [-0.2, -0.15) is 0 Å². The number of hydrogen-bond acceptors (Lipinski definition) is 5. The zero-order chi connectivity index (χ0) is 14.4. The second kappa shape index (κ2) is 6.88. The number of benzene rings is 1. The maximum absolute atomic E-state index is 12.0. The highest BCUT2D eigenvalue weighted by Crippen LogP contribution is 2.06. The van der Waals surface area contributed by atoms with Crippen LogP contribution in [0.15, 0.2) is 29.4 Å². The van der Waals surface area contributed by atoms with E-state index >= 15 is 0 Å². The minimum absolute atomic E-state index is 0.0383. The highest BCUT2D eigenvalue weighted by Gasteiger charge is 2.16. The van der Waals surface area contributed by atoms with Gasteiger partial charge in [0.2, 0.25) is 0 Å². The molecule has 0 aliphatic carbocycles. The van der Waals surface area contributed by atoms with E-state index in [-0.39, 0.29) is 17.8 Å². The lowest BCUT2D eigenvalue weighted by molar-refractivity contribution is -0.0855. The fourth-order valence-corrected chi connectivity index (χ4v) is 1.84. The van der Waals surface area contributed by atoms with E-state index in [2.05, 4.69) is 10.5 Å². The molecule has 0 radical (unpaired) electrons. The van der Waals surface area contributed by atoms with Gasteiger partial charge in [0.05, 0.1) is 25.9 Å². The molecule has 1 saturated heterocycles. The molecule has 1 aliphatic heterocycles. The van der Waals surface area contributed by atoms with Crippen LogP contribution in [0.25, 0.3) is 0 Å². The monoisotopic (exact) mass is 279 g/mol. The fourth-order valence-electron chi connectivity index (χ4n) is 1.84. The molecule has 4 N–H and O–H groups in total. The van der Waals surface area contributed by atoms with Crippen LogP contribution in [0.5, 0.6) is 0 Å². The Kier molecular flexibility index (Phi) is 4.91. The van der Waals surface area contributed by atoms with Crippen molar-refractivity contribution in [1.29, 1.82) is 0 Å². The molecule has 1 aromatic carbocycles. The summed E-state index contributed by atoms with van der Waals surface area (Å²) in [5.41, 5.74) is 6.41. The Labute approximate surface area is 116 Å². The van der Waals surface area contributed by atoms with Gasteiger partial charge in [-0.1, -0.05) is 17.3 Å². The maximum atomic E-state index is 12.0. The SMILES string of the molecule is N/C(=N\O)c1cccc(C(=O)NCC2COCCO2)c1. The molecule has 7 heteroatoms. The van der Waals surface area contributed by atoms with Gasteiger partial charge in [-0.25, -0.2) is 0 Å². The van der Waals surface area contributed by atoms with Crippen molar-refractivity contribution in [2.45, 2.75) is 6.10 Å². The topological polar surface area (TPSA) is 106 Å². The van der Waals surface area contributed by atoms with E-state index in [0.29, 0.717) is 37.5 Å². The van der Waals surface area contributed by atoms with Crippen molar-refractivity contribution >= 4 is 11.7 Å². The number of ether oxygens (including phenoxy) is 2. The fraction of sp³-hybridized carbons (Fsp3) is 0.385. The van der Waals surface area contributed by atoms with E-state index < -0.39 is 0 Å². The second-order valence-electron chi connectivity index (χ2n) is 4.34. The molecular weight excluding hydrogens is 262 g/mol. The van der Waals surface area contributed by atoms with E-state index in [1.54, 1.807) is 24.3 Å². The summed E-state index contributed by atoms with van der Waals surface area (Å²) in [5, 5.41) is 14.3. The summed E-state index contributed by atoms with van der Waals surface area (Å²) >= 11 is 0. The second-order valence-corrected chi connectivity index (χ2v) is 4.34. The summed E-state index contributed by atoms with van der Waals surface area (Å²) in [6, 6.07) is 6.54. The standard InChI is InChI=1S/C13H17N3O4/c14-12(16-18)9-2-1-3-10(6-9)13(17)15-7-11-8-19-4-5-20-11/h1-3,6,11,18H,4-5,7-8H2,(H2,14,16)(H,15,17). The molecule has 1 heterocycles. The Morgan fingerprint density at radius 2 is 2.25 bits per heavy atom. The van der Waals surface area contributed by atoms with Gasteiger partial charge in [-0.05, 0) is 12.1 Å². The van der Waals surface area contributed by atoms with Crippen LogP contribution in [0.3, 0.4) is 0 Å². The summed E-state index contributed by atoms with van der Waals surface area (Å²) in [6.07, 6.45) is -0.125. The maximum Gasteiger partial charge on any atom is 0.251 e. The van der Waals surface area contributed by atoms with Crippen molar-refractivity contribution < 1.29 is 19.5 Å². The van der Waals surface area contributed by atoms with E-state index in [1.807, 2.05) is 0 Å². The number of carbonyl (C=O) groups excluding carboxylic acids is 1. The van der Waals surface area contributed by atoms with Gasteiger partial charge < -0.3 is 25.7 Å². The van der Waals surface area contributed by atoms with Crippen LogP contribution in [-0.4, -0.2) is 49.4 Å². The summed E-state index contributed by atoms with van der Waals surface area (Å²) in [7, 11) is 0. The smallest absolute Gasteiger partial charge is 0.251 e. The lowest BCUT2D eigenvalue weighted by Gasteiger charge is -2.23. The van der Waals surface area contributed by atoms with Gasteiger partial charge in [0.15, 0.2) is 5.84 Å². The van der Waals surface area contributed by atoms with Gasteiger partial charge in [0, 0.05) is 17.7 Å². The molecule has 1 unspecified atom stereocenters. The zero-order valence-corrected chi connectivity index (χ0v) is 10.9. The summed E-state index contributed by atoms with van der Waals surface area (Å²) in [6.45, 7) is 1.99. The Balaban J connectivity index is 1.94. The van der Waals surface area contributed by atoms with Gasteiger partial charge >= 0.3 is 0 Å². The molecule has 0 aromatic heterocycles. The molecule has 7 nitrogen and oxygen atoms in total. The quantitative estimate of drug-likeness (QED) is 0.309. The minimum atomic E-state index is -0.244. The lowest BCUT2D eigenvalue weighted by atomic mass is 10.1. The summed E-state index contributed by atoms with van der Waals surface area (Å²) in [5.74, 6) is -0.282. The molecule has 0 saturated carbocycles. The van der Waals surface area contributed by atoms with Gasteiger partial charge in [0.25, 0.3) is 5.91 Å². The van der Waals surface area contributed by atoms with E-state index in [0.717, 1.165) is 0 Å². The third-order valence-electron chi connectivity index (χ3n) is 2.90. The van der Waals surface area contributed by atoms with Crippen LogP contribution in [0.4, 0.5) is 0 Å². The number of amides is 1. The molecule has 108 valence electrons. The number of nitrogens with one attached hydrogen (secondary N) is 1. The Hall–Kier alpha value is -2.12. The molecule has 1 amide bonds. The molecule has 1 aliphatic rings. The molecule has 2 rings (SSSR count). The van der Waals surface area contributed by atoms with E-state index in [4.69, 9.17) is 20.4 Å². The van der Waals surface area contributed by atoms with Gasteiger partial charge in [-0.15, -0.1) is 0 Å². The van der Waals surface area contributed by atoms with Crippen LogP contribution in [0, 0.1) is 0 Å². The van der Waals surface area contributed by atoms with Crippen molar-refractivity contribution in [2.24, 2.45) is 10.9 Å². The third-order valence-corrected chi connectivity index (χ3v) is 2.90. The average Bonchev–Trinajstić information content (AvgIpc) is 2.53. The molecule has 0 spiro atoms. The molecule has 1 aromatic rings. The first kappa shape index (κ1) is 14.3. The summed E-state index contributed by atoms with van der Waals surface area (Å²) in [4.78, 5) is 12.0. The van der Waals surface area contributed by atoms with Crippen molar-refractivity contribution in [3.8, 4) is 0 Å². The first-order chi connectivity index (χ1) is 9.70. The highest BCUT2D eigenvalue weighted by atomic mass is 16.6. The van der Waals surface area contributed by atoms with Crippen LogP contribution in [-0.2, 0) is 9.47 Å². The zero-order valence-electron chi connectivity index (χ0n) is 10.9. The lowest BCUT2D eigenvalue weighted by Crippen LogP contribution is -2.39. The predicted octanol–water partition coefficient (Wildman–Crippen LogP) is -0.0737. The molecule has 1 fully saturated rings. The average molecular weight is 279 g/mol. The summed E-state index contributed by atoms with van der Waals surface area (Å²) < 4.78 is 10.7. The number of oxime groups is 1. The van der Waals surface area contributed by atoms with Crippen molar-refractivity contribution in [3.05, 3.63) is 35.4 Å². The molecule has 1 atom stereocenters. The van der Waals surface area contributed by atoms with Crippen molar-refractivity contribution in [3.63, 3.8) is 0 Å². The third kappa shape index (κ3) is 3.69. The number of amidine groups is 1. The Morgan fingerprint density at radius 1 is 1.45 bits per heavy atom. The van der Waals surface area contributed by atoms with Crippen LogP contribution < -0.4 is 11.1 Å². The number of carbonyl (C=O) groups is 1. The van der Waals surface area contributed by atoms with Gasteiger partial charge in [-0.3, -0.25) is 4.79 Å². The Morgan fingerprint density at radius 3 is 2.95 bits per heavy atom. The van der Waals surface area contributed by atoms with Crippen LogP contribution >= 0.6 is 0 Å². The van der Waals surface area contributed by atoms with Crippen molar-refractivity contribution in [2.75, 3.05) is 26.4 Å². The highest BCUT2D eigenvalue weighted by molar-refractivity contribution is 6.01. The first-order valence-corrected chi connectivity index (χ1v) is 6.26. The number of nitrogens with two attached hydrogens (primary N) is 1. The Bertz CT molecular complexity index is 498. The number of hydrogen-bond donors (Lipinski definition) is 3. The van der Waals surface area contributed by atoms with E-state index in [9.17, 15) is 4.79 Å². The molecule has 20 heavy (non-hydrogen) atoms. The van der Waals surface area contributed by atoms with Crippen LogP contribution in [0.2, 0.25) is 0 Å².